The van der Waals surface area contributed by atoms with Crippen molar-refractivity contribution in [2.24, 2.45) is 5.41 Å². The molecule has 0 atom stereocenters. The van der Waals surface area contributed by atoms with Crippen LogP contribution in [0.1, 0.15) is 46.9 Å². The molecular weight excluding hydrogens is 298 g/mol. The van der Waals surface area contributed by atoms with Crippen LogP contribution in [0.25, 0.3) is 0 Å². The van der Waals surface area contributed by atoms with Gasteiger partial charge in [-0.15, -0.1) is 0 Å². The van der Waals surface area contributed by atoms with Crippen molar-refractivity contribution in [3.63, 3.8) is 0 Å². The lowest BCUT2D eigenvalue weighted by Gasteiger charge is -2.28. The first-order valence-electron chi connectivity index (χ1n) is 7.13. The van der Waals surface area contributed by atoms with Crippen molar-refractivity contribution >= 4 is 17.4 Å². The first-order valence-corrected chi connectivity index (χ1v) is 7.13. The number of fused-ring (bicyclic) bond motifs is 1. The molecule has 2 aromatic heterocycles. The van der Waals surface area contributed by atoms with Crippen LogP contribution in [0.5, 0.6) is 0 Å². The van der Waals surface area contributed by atoms with Gasteiger partial charge in [0.25, 0.3) is 5.91 Å². The molecule has 0 saturated carbocycles. The lowest BCUT2D eigenvalue weighted by atomic mass is 9.76. The molecule has 0 aromatic carbocycles. The van der Waals surface area contributed by atoms with Gasteiger partial charge in [0.15, 0.2) is 5.78 Å². The second-order valence-electron chi connectivity index (χ2n) is 6.27. The molecule has 7 heteroatoms. The lowest BCUT2D eigenvalue weighted by molar-refractivity contribution is 0.0896. The van der Waals surface area contributed by atoms with E-state index in [1.807, 2.05) is 13.8 Å². The van der Waals surface area contributed by atoms with Gasteiger partial charge in [-0.3, -0.25) is 14.6 Å². The Balaban J connectivity index is 1.94. The van der Waals surface area contributed by atoms with E-state index in [4.69, 9.17) is 4.42 Å². The highest BCUT2D eigenvalue weighted by molar-refractivity contribution is 6.04. The summed E-state index contributed by atoms with van der Waals surface area (Å²) in [4.78, 5) is 44.0. The minimum Gasteiger partial charge on any atom is -0.426 e. The molecule has 0 fully saturated rings. The summed E-state index contributed by atoms with van der Waals surface area (Å²) in [6, 6.07) is 1.38. The number of nitrogens with zero attached hydrogens (tertiary/aromatic N) is 2. The number of Topliss-reactive ketones (excluding diaryl/α,β-unsaturated/α-hetero) is 1. The highest BCUT2D eigenvalue weighted by Crippen LogP contribution is 2.34. The third-order valence-electron chi connectivity index (χ3n) is 3.65. The molecule has 3 rings (SSSR count). The average molecular weight is 313 g/mol. The molecule has 23 heavy (non-hydrogen) atoms. The largest absolute Gasteiger partial charge is 0.426 e. The summed E-state index contributed by atoms with van der Waals surface area (Å²) < 4.78 is 5.25. The Labute approximate surface area is 131 Å². The van der Waals surface area contributed by atoms with Crippen LogP contribution >= 0.6 is 0 Å². The molecule has 0 radical (unpaired) electrons. The number of carbonyl (C=O) groups is 2. The summed E-state index contributed by atoms with van der Waals surface area (Å²) in [5.41, 5.74) is -0.598. The van der Waals surface area contributed by atoms with Crippen LogP contribution in [-0.2, 0) is 6.42 Å². The average Bonchev–Trinajstić information content (AvgIpc) is 2.48. The summed E-state index contributed by atoms with van der Waals surface area (Å²) >= 11 is 0. The van der Waals surface area contributed by atoms with Gasteiger partial charge < -0.3 is 9.73 Å². The third kappa shape index (κ3) is 3.03. The number of aromatic nitrogens is 2. The van der Waals surface area contributed by atoms with E-state index in [0.717, 1.165) is 0 Å². The smallest absolute Gasteiger partial charge is 0.359 e. The Bertz CT molecular complexity index is 840. The lowest BCUT2D eigenvalue weighted by Crippen LogP contribution is -2.29. The molecule has 1 aliphatic rings. The summed E-state index contributed by atoms with van der Waals surface area (Å²) in [6.45, 7) is 3.88. The maximum atomic E-state index is 12.2. The van der Waals surface area contributed by atoms with Crippen LogP contribution in [0.15, 0.2) is 33.9 Å². The van der Waals surface area contributed by atoms with Crippen molar-refractivity contribution in [2.45, 2.75) is 26.7 Å². The summed E-state index contributed by atoms with van der Waals surface area (Å²) in [5.74, 6) is -0.322. The van der Waals surface area contributed by atoms with Crippen LogP contribution in [0.3, 0.4) is 0 Å². The molecule has 0 saturated heterocycles. The Morgan fingerprint density at radius 2 is 2.04 bits per heavy atom. The minimum atomic E-state index is -0.688. The molecular formula is C16H15N3O4. The van der Waals surface area contributed by atoms with Crippen LogP contribution in [-0.4, -0.2) is 21.7 Å². The van der Waals surface area contributed by atoms with Crippen LogP contribution in [0.2, 0.25) is 0 Å². The second kappa shape index (κ2) is 5.42. The van der Waals surface area contributed by atoms with E-state index in [1.165, 1.54) is 24.7 Å². The Hall–Kier alpha value is -2.83. The Morgan fingerprint density at radius 3 is 2.74 bits per heavy atom. The highest BCUT2D eigenvalue weighted by atomic mass is 16.4. The first kappa shape index (κ1) is 15.1. The molecule has 0 aliphatic heterocycles. The summed E-state index contributed by atoms with van der Waals surface area (Å²) in [5, 5.41) is 2.42. The highest BCUT2D eigenvalue weighted by Gasteiger charge is 2.33. The van der Waals surface area contributed by atoms with Crippen molar-refractivity contribution in [1.82, 2.24) is 9.97 Å². The first-order chi connectivity index (χ1) is 10.9. The molecule has 7 nitrogen and oxygen atoms in total. The molecule has 2 aromatic rings. The quantitative estimate of drug-likeness (QED) is 0.907. The molecule has 0 spiro atoms. The van der Waals surface area contributed by atoms with Gasteiger partial charge in [-0.2, -0.15) is 0 Å². The van der Waals surface area contributed by atoms with E-state index in [-0.39, 0.29) is 22.6 Å². The maximum Gasteiger partial charge on any atom is 0.359 e. The van der Waals surface area contributed by atoms with Crippen molar-refractivity contribution < 1.29 is 14.0 Å². The van der Waals surface area contributed by atoms with Gasteiger partial charge in [0.05, 0.1) is 11.8 Å². The molecule has 1 aliphatic carbocycles. The van der Waals surface area contributed by atoms with Crippen molar-refractivity contribution in [1.29, 1.82) is 0 Å². The third-order valence-corrected chi connectivity index (χ3v) is 3.65. The van der Waals surface area contributed by atoms with Gasteiger partial charge >= 0.3 is 5.63 Å². The number of nitrogens with one attached hydrogen (secondary N) is 1. The summed E-state index contributed by atoms with van der Waals surface area (Å²) in [7, 11) is 0. The number of amides is 1. The van der Waals surface area contributed by atoms with E-state index in [0.29, 0.717) is 24.2 Å². The number of ketones is 1. The molecule has 1 amide bonds. The Kier molecular flexibility index (Phi) is 3.55. The monoisotopic (exact) mass is 313 g/mol. The number of carbonyl (C=O) groups excluding carboxylic acids is 2. The van der Waals surface area contributed by atoms with E-state index in [1.54, 1.807) is 0 Å². The van der Waals surface area contributed by atoms with Crippen LogP contribution in [0.4, 0.5) is 5.69 Å². The summed E-state index contributed by atoms with van der Waals surface area (Å²) in [6.07, 6.45) is 4.95. The minimum absolute atomic E-state index is 0.0667. The normalized spacial score (nSPS) is 15.8. The number of anilines is 1. The van der Waals surface area contributed by atoms with Gasteiger partial charge in [-0.05, 0) is 11.5 Å². The Morgan fingerprint density at radius 1 is 1.26 bits per heavy atom. The van der Waals surface area contributed by atoms with Crippen molar-refractivity contribution in [3.05, 3.63) is 52.1 Å². The molecule has 0 bridgehead atoms. The molecule has 2 heterocycles. The second-order valence-corrected chi connectivity index (χ2v) is 6.27. The number of hydrogen-bond donors (Lipinski definition) is 1. The van der Waals surface area contributed by atoms with Gasteiger partial charge in [0.2, 0.25) is 0 Å². The zero-order valence-corrected chi connectivity index (χ0v) is 12.8. The van der Waals surface area contributed by atoms with E-state index in [2.05, 4.69) is 15.3 Å². The fourth-order valence-electron chi connectivity index (χ4n) is 2.59. The van der Waals surface area contributed by atoms with E-state index >= 15 is 0 Å². The molecule has 1 N–H and O–H groups in total. The van der Waals surface area contributed by atoms with Gasteiger partial charge in [-0.25, -0.2) is 9.78 Å². The number of hydrogen-bond acceptors (Lipinski definition) is 6. The topological polar surface area (TPSA) is 102 Å². The SMILES string of the molecule is CC1(C)CC(=O)c2cc(NC(=O)c3cnccn3)c(=O)oc2C1. The van der Waals surface area contributed by atoms with Crippen LogP contribution < -0.4 is 10.9 Å². The van der Waals surface area contributed by atoms with Crippen LogP contribution in [0, 0.1) is 5.41 Å². The van der Waals surface area contributed by atoms with E-state index in [9.17, 15) is 14.4 Å². The molecule has 118 valence electrons. The van der Waals surface area contributed by atoms with Crippen molar-refractivity contribution in [2.75, 3.05) is 5.32 Å². The van der Waals surface area contributed by atoms with Gasteiger partial charge in [0.1, 0.15) is 17.1 Å². The predicted molar refractivity (Wildman–Crippen MR) is 81.4 cm³/mol. The van der Waals surface area contributed by atoms with Crippen molar-refractivity contribution in [3.8, 4) is 0 Å². The van der Waals surface area contributed by atoms with E-state index < -0.39 is 11.5 Å². The molecule has 0 unspecified atom stereocenters. The van der Waals surface area contributed by atoms with Gasteiger partial charge in [-0.1, -0.05) is 13.8 Å². The van der Waals surface area contributed by atoms with Gasteiger partial charge in [0, 0.05) is 25.2 Å². The zero-order chi connectivity index (χ0) is 16.6. The predicted octanol–water partition coefficient (Wildman–Crippen LogP) is 1.84. The standard InChI is InChI=1S/C16H15N3O4/c1-16(2)6-12(20)9-5-10(15(22)23-13(9)7-16)19-14(21)11-8-17-3-4-18-11/h3-5,8H,6-7H2,1-2H3,(H,19,21). The fourth-order valence-corrected chi connectivity index (χ4v) is 2.59. The fraction of sp³-hybridized carbons (Fsp3) is 0.312. The zero-order valence-electron chi connectivity index (χ0n) is 12.8. The maximum absolute atomic E-state index is 12.2. The number of rotatable bonds is 2.